The molecular formula is C22H25F3N2O2. The van der Waals surface area contributed by atoms with Gasteiger partial charge in [0.2, 0.25) is 0 Å². The van der Waals surface area contributed by atoms with E-state index in [0.717, 1.165) is 23.3 Å². The van der Waals surface area contributed by atoms with Crippen molar-refractivity contribution in [2.45, 2.75) is 33.1 Å². The van der Waals surface area contributed by atoms with Crippen molar-refractivity contribution in [2.24, 2.45) is 0 Å². The van der Waals surface area contributed by atoms with Crippen LogP contribution in [-0.2, 0) is 11.0 Å². The van der Waals surface area contributed by atoms with Gasteiger partial charge in [0.05, 0.1) is 5.56 Å². The third-order valence-electron chi connectivity index (χ3n) is 5.34. The van der Waals surface area contributed by atoms with Gasteiger partial charge in [-0.25, -0.2) is 0 Å². The van der Waals surface area contributed by atoms with Crippen LogP contribution in [0.3, 0.4) is 0 Å². The Bertz CT molecular complexity index is 875. The molecule has 7 heteroatoms. The largest absolute Gasteiger partial charge is 0.481 e. The first kappa shape index (κ1) is 21.0. The number of ether oxygens (including phenoxy) is 1. The maximum atomic E-state index is 12.9. The molecule has 156 valence electrons. The number of aryl methyl sites for hydroxylation is 1. The van der Waals surface area contributed by atoms with Crippen LogP contribution in [0.2, 0.25) is 0 Å². The SMILES string of the molecule is Cc1cccc(O[C@@H](C)C(=O)N2CCN(c3cccc(C(F)(F)F)c3)CC2)c1C. The molecule has 1 heterocycles. The smallest absolute Gasteiger partial charge is 0.416 e. The van der Waals surface area contributed by atoms with Gasteiger partial charge < -0.3 is 14.5 Å². The van der Waals surface area contributed by atoms with Gasteiger partial charge in [0.1, 0.15) is 5.75 Å². The first-order chi connectivity index (χ1) is 13.7. The van der Waals surface area contributed by atoms with Gasteiger partial charge in [0.25, 0.3) is 5.91 Å². The van der Waals surface area contributed by atoms with Crippen LogP contribution >= 0.6 is 0 Å². The topological polar surface area (TPSA) is 32.8 Å². The fourth-order valence-corrected chi connectivity index (χ4v) is 3.41. The van der Waals surface area contributed by atoms with Gasteiger partial charge in [-0.1, -0.05) is 18.2 Å². The van der Waals surface area contributed by atoms with Gasteiger partial charge in [-0.15, -0.1) is 0 Å². The molecular weight excluding hydrogens is 381 g/mol. The minimum Gasteiger partial charge on any atom is -0.481 e. The lowest BCUT2D eigenvalue weighted by Gasteiger charge is -2.37. The van der Waals surface area contributed by atoms with Crippen LogP contribution in [0, 0.1) is 13.8 Å². The summed E-state index contributed by atoms with van der Waals surface area (Å²) in [7, 11) is 0. The minimum atomic E-state index is -4.37. The lowest BCUT2D eigenvalue weighted by Crippen LogP contribution is -2.52. The van der Waals surface area contributed by atoms with Crippen LogP contribution in [-0.4, -0.2) is 43.1 Å². The molecule has 1 saturated heterocycles. The Labute approximate surface area is 168 Å². The Morgan fingerprint density at radius 2 is 1.69 bits per heavy atom. The van der Waals surface area contributed by atoms with Crippen molar-refractivity contribution >= 4 is 11.6 Å². The van der Waals surface area contributed by atoms with Gasteiger partial charge in [-0.3, -0.25) is 4.79 Å². The molecule has 0 unspecified atom stereocenters. The highest BCUT2D eigenvalue weighted by molar-refractivity contribution is 5.81. The number of hydrogen-bond acceptors (Lipinski definition) is 3. The summed E-state index contributed by atoms with van der Waals surface area (Å²) in [6.45, 7) is 7.50. The molecule has 4 nitrogen and oxygen atoms in total. The highest BCUT2D eigenvalue weighted by atomic mass is 19.4. The van der Waals surface area contributed by atoms with Crippen LogP contribution in [0.15, 0.2) is 42.5 Å². The molecule has 2 aromatic carbocycles. The average molecular weight is 406 g/mol. The van der Waals surface area contributed by atoms with Gasteiger partial charge in [0, 0.05) is 31.9 Å². The highest BCUT2D eigenvalue weighted by Gasteiger charge is 2.31. The van der Waals surface area contributed by atoms with Crippen molar-refractivity contribution in [1.29, 1.82) is 0 Å². The van der Waals surface area contributed by atoms with Crippen LogP contribution in [0.1, 0.15) is 23.6 Å². The highest BCUT2D eigenvalue weighted by Crippen LogP contribution is 2.32. The molecule has 2 aromatic rings. The molecule has 1 atom stereocenters. The summed E-state index contributed by atoms with van der Waals surface area (Å²) in [5.74, 6) is 0.572. The van der Waals surface area contributed by atoms with Crippen LogP contribution in [0.25, 0.3) is 0 Å². The summed E-state index contributed by atoms with van der Waals surface area (Å²) in [6.07, 6.45) is -5.00. The molecule has 0 saturated carbocycles. The molecule has 1 amide bonds. The van der Waals surface area contributed by atoms with E-state index in [1.807, 2.05) is 36.9 Å². The molecule has 0 radical (unpaired) electrons. The van der Waals surface area contributed by atoms with Gasteiger partial charge in [-0.2, -0.15) is 13.2 Å². The molecule has 29 heavy (non-hydrogen) atoms. The predicted octanol–water partition coefficient (Wildman–Crippen LogP) is 4.44. The number of hydrogen-bond donors (Lipinski definition) is 0. The van der Waals surface area contributed by atoms with Gasteiger partial charge in [0.15, 0.2) is 6.10 Å². The second kappa shape index (κ2) is 8.35. The quantitative estimate of drug-likeness (QED) is 0.753. The fourth-order valence-electron chi connectivity index (χ4n) is 3.41. The second-order valence-corrected chi connectivity index (χ2v) is 7.32. The van der Waals surface area contributed by atoms with E-state index in [1.54, 1.807) is 17.9 Å². The number of carbonyl (C=O) groups excluding carboxylic acids is 1. The number of piperazine rings is 1. The Morgan fingerprint density at radius 3 is 2.34 bits per heavy atom. The molecule has 1 aliphatic rings. The Balaban J connectivity index is 1.60. The Morgan fingerprint density at radius 1 is 1.03 bits per heavy atom. The summed E-state index contributed by atoms with van der Waals surface area (Å²) in [4.78, 5) is 16.3. The van der Waals surface area contributed by atoms with Gasteiger partial charge in [-0.05, 0) is 56.2 Å². The van der Waals surface area contributed by atoms with E-state index >= 15 is 0 Å². The molecule has 3 rings (SSSR count). The van der Waals surface area contributed by atoms with E-state index in [0.29, 0.717) is 37.6 Å². The summed E-state index contributed by atoms with van der Waals surface area (Å²) in [6, 6.07) is 11.0. The lowest BCUT2D eigenvalue weighted by molar-refractivity contribution is -0.138. The maximum absolute atomic E-state index is 12.9. The number of amides is 1. The lowest BCUT2D eigenvalue weighted by atomic mass is 10.1. The number of benzene rings is 2. The first-order valence-corrected chi connectivity index (χ1v) is 9.60. The zero-order valence-corrected chi connectivity index (χ0v) is 16.8. The Hall–Kier alpha value is -2.70. The number of nitrogens with zero attached hydrogens (tertiary/aromatic N) is 2. The fraction of sp³-hybridized carbons (Fsp3) is 0.409. The summed E-state index contributed by atoms with van der Waals surface area (Å²) < 4.78 is 44.7. The number of anilines is 1. The zero-order chi connectivity index (χ0) is 21.2. The van der Waals surface area contributed by atoms with Crippen molar-refractivity contribution in [3.05, 3.63) is 59.2 Å². The van der Waals surface area contributed by atoms with E-state index in [9.17, 15) is 18.0 Å². The zero-order valence-electron chi connectivity index (χ0n) is 16.8. The van der Waals surface area contributed by atoms with Crippen LogP contribution in [0.4, 0.5) is 18.9 Å². The Kier molecular flexibility index (Phi) is 6.05. The van der Waals surface area contributed by atoms with Crippen molar-refractivity contribution in [1.82, 2.24) is 4.90 Å². The normalized spacial score (nSPS) is 15.9. The predicted molar refractivity (Wildman–Crippen MR) is 106 cm³/mol. The molecule has 1 aliphatic heterocycles. The molecule has 1 fully saturated rings. The molecule has 0 aromatic heterocycles. The number of rotatable bonds is 4. The van der Waals surface area contributed by atoms with E-state index in [1.165, 1.54) is 6.07 Å². The van der Waals surface area contributed by atoms with E-state index in [4.69, 9.17) is 4.74 Å². The average Bonchev–Trinajstić information content (AvgIpc) is 2.70. The summed E-state index contributed by atoms with van der Waals surface area (Å²) >= 11 is 0. The minimum absolute atomic E-state index is 0.116. The van der Waals surface area contributed by atoms with Crippen molar-refractivity contribution in [3.8, 4) is 5.75 Å². The van der Waals surface area contributed by atoms with Crippen molar-refractivity contribution in [3.63, 3.8) is 0 Å². The number of carbonyl (C=O) groups is 1. The molecule has 0 aliphatic carbocycles. The number of alkyl halides is 3. The molecule has 0 spiro atoms. The molecule has 0 bridgehead atoms. The summed E-state index contributed by atoms with van der Waals surface area (Å²) in [5, 5.41) is 0. The first-order valence-electron chi connectivity index (χ1n) is 9.60. The van der Waals surface area contributed by atoms with Gasteiger partial charge >= 0.3 is 6.18 Å². The number of halogens is 3. The van der Waals surface area contributed by atoms with E-state index in [2.05, 4.69) is 0 Å². The molecule has 0 N–H and O–H groups in total. The van der Waals surface area contributed by atoms with Crippen molar-refractivity contribution in [2.75, 3.05) is 31.1 Å². The standard InChI is InChI=1S/C22H25F3N2O2/c1-15-6-4-9-20(16(15)2)29-17(3)21(28)27-12-10-26(11-13-27)19-8-5-7-18(14-19)22(23,24)25/h4-9,14,17H,10-13H2,1-3H3/t17-/m0/s1. The van der Waals surface area contributed by atoms with E-state index < -0.39 is 17.8 Å². The van der Waals surface area contributed by atoms with Crippen LogP contribution < -0.4 is 9.64 Å². The van der Waals surface area contributed by atoms with Crippen LogP contribution in [0.5, 0.6) is 5.75 Å². The van der Waals surface area contributed by atoms with E-state index in [-0.39, 0.29) is 5.91 Å². The third-order valence-corrected chi connectivity index (χ3v) is 5.34. The maximum Gasteiger partial charge on any atom is 0.416 e. The monoisotopic (exact) mass is 406 g/mol. The summed E-state index contributed by atoms with van der Waals surface area (Å²) in [5.41, 5.74) is 1.95. The third kappa shape index (κ3) is 4.83. The van der Waals surface area contributed by atoms with Crippen molar-refractivity contribution < 1.29 is 22.7 Å². The second-order valence-electron chi connectivity index (χ2n) is 7.32.